The van der Waals surface area contributed by atoms with E-state index < -0.39 is 5.41 Å². The second-order valence-corrected chi connectivity index (χ2v) is 4.68. The molecule has 0 spiro atoms. The van der Waals surface area contributed by atoms with Gasteiger partial charge in [-0.2, -0.15) is 0 Å². The van der Waals surface area contributed by atoms with E-state index in [2.05, 4.69) is 4.99 Å². The Hall–Kier alpha value is -1.12. The lowest BCUT2D eigenvalue weighted by Gasteiger charge is -2.27. The Labute approximate surface area is 96.6 Å². The summed E-state index contributed by atoms with van der Waals surface area (Å²) in [5.41, 5.74) is 2.66. The standard InChI is InChI=1S/C13H19NO2/c1-4-16-12(15)13(3)9(2)14-11-8-6-5-7-10(11)13/h4-8H2,1-3H3. The average Bonchev–Trinajstić information content (AvgIpc) is 2.53. The molecule has 1 heterocycles. The monoisotopic (exact) mass is 221 g/mol. The molecule has 0 aromatic rings. The SMILES string of the molecule is CCOC(=O)C1(C)C(C)=NC2=C1CCCC2. The van der Waals surface area contributed by atoms with Crippen molar-refractivity contribution in [1.29, 1.82) is 0 Å². The van der Waals surface area contributed by atoms with Gasteiger partial charge in [0.25, 0.3) is 0 Å². The second kappa shape index (κ2) is 4.04. The zero-order valence-electron chi connectivity index (χ0n) is 10.3. The fourth-order valence-corrected chi connectivity index (χ4v) is 2.63. The molecule has 0 N–H and O–H groups in total. The Morgan fingerprint density at radius 3 is 2.81 bits per heavy atom. The third kappa shape index (κ3) is 1.49. The van der Waals surface area contributed by atoms with Crippen LogP contribution in [-0.4, -0.2) is 18.3 Å². The van der Waals surface area contributed by atoms with Gasteiger partial charge in [-0.1, -0.05) is 0 Å². The summed E-state index contributed by atoms with van der Waals surface area (Å²) in [5, 5.41) is 0. The lowest BCUT2D eigenvalue weighted by Crippen LogP contribution is -2.36. The molecule has 0 aromatic carbocycles. The molecule has 0 radical (unpaired) electrons. The molecule has 2 aliphatic rings. The molecule has 3 nitrogen and oxygen atoms in total. The molecule has 0 aromatic heterocycles. The minimum absolute atomic E-state index is 0.136. The van der Waals surface area contributed by atoms with E-state index in [0.717, 1.165) is 30.7 Å². The van der Waals surface area contributed by atoms with Crippen LogP contribution in [0.5, 0.6) is 0 Å². The van der Waals surface area contributed by atoms with E-state index in [0.29, 0.717) is 6.61 Å². The molecule has 1 unspecified atom stereocenters. The maximum atomic E-state index is 12.1. The van der Waals surface area contributed by atoms with Gasteiger partial charge in [0, 0.05) is 11.4 Å². The number of ether oxygens (including phenoxy) is 1. The molecule has 2 rings (SSSR count). The summed E-state index contributed by atoms with van der Waals surface area (Å²) in [6, 6.07) is 0. The zero-order chi connectivity index (χ0) is 11.8. The molecular formula is C13H19NO2. The molecule has 16 heavy (non-hydrogen) atoms. The van der Waals surface area contributed by atoms with E-state index in [1.54, 1.807) is 0 Å². The van der Waals surface area contributed by atoms with Gasteiger partial charge in [-0.05, 0) is 52.0 Å². The summed E-state index contributed by atoms with van der Waals surface area (Å²) < 4.78 is 5.19. The predicted octanol–water partition coefficient (Wildman–Crippen LogP) is 2.86. The van der Waals surface area contributed by atoms with Crippen LogP contribution in [0, 0.1) is 5.41 Å². The maximum Gasteiger partial charge on any atom is 0.321 e. The molecular weight excluding hydrogens is 202 g/mol. The van der Waals surface area contributed by atoms with Crippen molar-refractivity contribution < 1.29 is 9.53 Å². The first-order valence-corrected chi connectivity index (χ1v) is 6.06. The van der Waals surface area contributed by atoms with Gasteiger partial charge in [-0.3, -0.25) is 9.79 Å². The summed E-state index contributed by atoms with van der Waals surface area (Å²) in [6.45, 7) is 6.18. The van der Waals surface area contributed by atoms with Crippen molar-refractivity contribution in [3.05, 3.63) is 11.3 Å². The topological polar surface area (TPSA) is 38.7 Å². The van der Waals surface area contributed by atoms with Crippen molar-refractivity contribution in [2.45, 2.75) is 46.5 Å². The first-order valence-electron chi connectivity index (χ1n) is 6.06. The third-order valence-corrected chi connectivity index (χ3v) is 3.75. The first-order chi connectivity index (χ1) is 7.60. The number of allylic oxidation sites excluding steroid dienone is 1. The van der Waals surface area contributed by atoms with Crippen LogP contribution < -0.4 is 0 Å². The Morgan fingerprint density at radius 2 is 2.12 bits per heavy atom. The van der Waals surface area contributed by atoms with Crippen molar-refractivity contribution in [1.82, 2.24) is 0 Å². The largest absolute Gasteiger partial charge is 0.465 e. The van der Waals surface area contributed by atoms with Crippen molar-refractivity contribution in [2.75, 3.05) is 6.61 Å². The molecule has 1 aliphatic carbocycles. The second-order valence-electron chi connectivity index (χ2n) is 4.68. The van der Waals surface area contributed by atoms with E-state index in [1.807, 2.05) is 20.8 Å². The van der Waals surface area contributed by atoms with Gasteiger partial charge in [0.2, 0.25) is 0 Å². The Kier molecular flexibility index (Phi) is 2.87. The van der Waals surface area contributed by atoms with E-state index in [4.69, 9.17) is 4.74 Å². The van der Waals surface area contributed by atoms with Crippen LogP contribution in [0.3, 0.4) is 0 Å². The predicted molar refractivity (Wildman–Crippen MR) is 63.3 cm³/mol. The molecule has 1 atom stereocenters. The van der Waals surface area contributed by atoms with Gasteiger partial charge in [-0.25, -0.2) is 0 Å². The van der Waals surface area contributed by atoms with Gasteiger partial charge < -0.3 is 4.74 Å². The summed E-state index contributed by atoms with van der Waals surface area (Å²) in [4.78, 5) is 16.7. The summed E-state index contributed by atoms with van der Waals surface area (Å²) in [6.07, 6.45) is 4.36. The van der Waals surface area contributed by atoms with Gasteiger partial charge >= 0.3 is 5.97 Å². The van der Waals surface area contributed by atoms with Crippen LogP contribution in [0.25, 0.3) is 0 Å². The van der Waals surface area contributed by atoms with E-state index in [1.165, 1.54) is 12.0 Å². The number of nitrogens with zero attached hydrogens (tertiary/aromatic N) is 1. The Balaban J connectivity index is 2.36. The molecule has 1 aliphatic heterocycles. The molecule has 0 amide bonds. The number of hydrogen-bond donors (Lipinski definition) is 0. The highest BCUT2D eigenvalue weighted by Gasteiger charge is 2.46. The molecule has 0 fully saturated rings. The third-order valence-electron chi connectivity index (χ3n) is 3.75. The number of aliphatic imine (C=N–C) groups is 1. The normalized spacial score (nSPS) is 28.8. The molecule has 0 saturated heterocycles. The van der Waals surface area contributed by atoms with E-state index in [-0.39, 0.29) is 5.97 Å². The van der Waals surface area contributed by atoms with Crippen LogP contribution in [-0.2, 0) is 9.53 Å². The fraction of sp³-hybridized carbons (Fsp3) is 0.692. The smallest absolute Gasteiger partial charge is 0.321 e. The van der Waals surface area contributed by atoms with Crippen LogP contribution >= 0.6 is 0 Å². The maximum absolute atomic E-state index is 12.1. The summed E-state index contributed by atoms with van der Waals surface area (Å²) >= 11 is 0. The highest BCUT2D eigenvalue weighted by Crippen LogP contribution is 2.45. The molecule has 3 heteroatoms. The van der Waals surface area contributed by atoms with Crippen LogP contribution in [0.15, 0.2) is 16.3 Å². The average molecular weight is 221 g/mol. The quantitative estimate of drug-likeness (QED) is 0.672. The van der Waals surface area contributed by atoms with Gasteiger partial charge in [-0.15, -0.1) is 0 Å². The summed E-state index contributed by atoms with van der Waals surface area (Å²) in [5.74, 6) is -0.136. The van der Waals surface area contributed by atoms with Gasteiger partial charge in [0.05, 0.1) is 6.61 Å². The van der Waals surface area contributed by atoms with Crippen LogP contribution in [0.2, 0.25) is 0 Å². The number of carbonyl (C=O) groups excluding carboxylic acids is 1. The number of rotatable bonds is 2. The number of hydrogen-bond acceptors (Lipinski definition) is 3. The molecule has 0 bridgehead atoms. The minimum atomic E-state index is -0.578. The van der Waals surface area contributed by atoms with E-state index in [9.17, 15) is 4.79 Å². The zero-order valence-corrected chi connectivity index (χ0v) is 10.3. The first kappa shape index (κ1) is 11.4. The number of esters is 1. The Morgan fingerprint density at radius 1 is 1.44 bits per heavy atom. The van der Waals surface area contributed by atoms with Gasteiger partial charge in [0.15, 0.2) is 0 Å². The highest BCUT2D eigenvalue weighted by atomic mass is 16.5. The highest BCUT2D eigenvalue weighted by molar-refractivity contribution is 6.10. The van der Waals surface area contributed by atoms with Crippen molar-refractivity contribution >= 4 is 11.7 Å². The molecule has 88 valence electrons. The lowest BCUT2D eigenvalue weighted by molar-refractivity contribution is -0.148. The minimum Gasteiger partial charge on any atom is -0.465 e. The number of carbonyl (C=O) groups is 1. The van der Waals surface area contributed by atoms with Crippen LogP contribution in [0.4, 0.5) is 0 Å². The Bertz CT molecular complexity index is 381. The van der Waals surface area contributed by atoms with Crippen molar-refractivity contribution in [2.24, 2.45) is 10.4 Å². The van der Waals surface area contributed by atoms with Gasteiger partial charge in [0.1, 0.15) is 5.41 Å². The van der Waals surface area contributed by atoms with E-state index >= 15 is 0 Å². The van der Waals surface area contributed by atoms with Crippen molar-refractivity contribution in [3.8, 4) is 0 Å². The molecule has 0 saturated carbocycles. The fourth-order valence-electron chi connectivity index (χ4n) is 2.63. The van der Waals surface area contributed by atoms with Crippen LogP contribution in [0.1, 0.15) is 46.5 Å². The summed E-state index contributed by atoms with van der Waals surface area (Å²) in [7, 11) is 0. The van der Waals surface area contributed by atoms with Crippen molar-refractivity contribution in [3.63, 3.8) is 0 Å². The lowest BCUT2D eigenvalue weighted by atomic mass is 9.75.